The molecule has 122 valence electrons. The van der Waals surface area contributed by atoms with Crippen molar-refractivity contribution in [2.24, 2.45) is 0 Å². The fourth-order valence-corrected chi connectivity index (χ4v) is 2.25. The largest absolute Gasteiger partial charge is 0.508 e. The second-order valence-corrected chi connectivity index (χ2v) is 5.21. The van der Waals surface area contributed by atoms with Gasteiger partial charge in [0.25, 0.3) is 0 Å². The van der Waals surface area contributed by atoms with E-state index in [4.69, 9.17) is 4.74 Å². The summed E-state index contributed by atoms with van der Waals surface area (Å²) in [5.41, 5.74) is 1.43. The number of rotatable bonds is 6. The predicted molar refractivity (Wildman–Crippen MR) is 90.8 cm³/mol. The van der Waals surface area contributed by atoms with Crippen LogP contribution in [0.25, 0.3) is 0 Å². The summed E-state index contributed by atoms with van der Waals surface area (Å²) >= 11 is 0. The average molecular weight is 314 g/mol. The molecule has 0 fully saturated rings. The van der Waals surface area contributed by atoms with E-state index in [1.54, 1.807) is 48.4 Å². The SMILES string of the molecule is CCCN(Cc1ccccc1O)C(=O)Nc1ccc(OC)cc1. The van der Waals surface area contributed by atoms with E-state index in [1.807, 2.05) is 19.1 Å². The quantitative estimate of drug-likeness (QED) is 0.851. The maximum atomic E-state index is 12.5. The van der Waals surface area contributed by atoms with Gasteiger partial charge >= 0.3 is 6.03 Å². The number of hydrogen-bond acceptors (Lipinski definition) is 3. The first-order chi connectivity index (χ1) is 11.1. The van der Waals surface area contributed by atoms with Gasteiger partial charge in [-0.3, -0.25) is 0 Å². The Labute approximate surface area is 136 Å². The van der Waals surface area contributed by atoms with Gasteiger partial charge in [0.1, 0.15) is 11.5 Å². The topological polar surface area (TPSA) is 61.8 Å². The monoisotopic (exact) mass is 314 g/mol. The number of hydrogen-bond donors (Lipinski definition) is 2. The van der Waals surface area contributed by atoms with E-state index < -0.39 is 0 Å². The molecule has 0 heterocycles. The van der Waals surface area contributed by atoms with Crippen LogP contribution in [-0.2, 0) is 6.54 Å². The summed E-state index contributed by atoms with van der Waals surface area (Å²) in [4.78, 5) is 14.2. The first-order valence-electron chi connectivity index (χ1n) is 7.61. The maximum Gasteiger partial charge on any atom is 0.322 e. The van der Waals surface area contributed by atoms with Crippen LogP contribution in [0, 0.1) is 0 Å². The lowest BCUT2D eigenvalue weighted by molar-refractivity contribution is 0.208. The van der Waals surface area contributed by atoms with Gasteiger partial charge in [-0.2, -0.15) is 0 Å². The molecule has 0 saturated heterocycles. The van der Waals surface area contributed by atoms with Crippen LogP contribution >= 0.6 is 0 Å². The average Bonchev–Trinajstić information content (AvgIpc) is 2.57. The minimum absolute atomic E-state index is 0.194. The van der Waals surface area contributed by atoms with Gasteiger partial charge in [-0.15, -0.1) is 0 Å². The van der Waals surface area contributed by atoms with E-state index in [9.17, 15) is 9.90 Å². The van der Waals surface area contributed by atoms with Crippen LogP contribution in [-0.4, -0.2) is 29.7 Å². The molecule has 0 bridgehead atoms. The number of carbonyl (C=O) groups is 1. The molecule has 0 aliphatic rings. The van der Waals surface area contributed by atoms with Gasteiger partial charge in [-0.1, -0.05) is 25.1 Å². The molecule has 5 heteroatoms. The van der Waals surface area contributed by atoms with E-state index >= 15 is 0 Å². The number of urea groups is 1. The fraction of sp³-hybridized carbons (Fsp3) is 0.278. The van der Waals surface area contributed by atoms with Crippen molar-refractivity contribution in [2.75, 3.05) is 19.0 Å². The van der Waals surface area contributed by atoms with Gasteiger partial charge in [0.05, 0.1) is 13.7 Å². The number of nitrogens with one attached hydrogen (secondary N) is 1. The third-order valence-electron chi connectivity index (χ3n) is 3.47. The van der Waals surface area contributed by atoms with Gasteiger partial charge in [0.15, 0.2) is 0 Å². The van der Waals surface area contributed by atoms with Crippen LogP contribution < -0.4 is 10.1 Å². The number of anilines is 1. The molecule has 0 unspecified atom stereocenters. The van der Waals surface area contributed by atoms with Gasteiger partial charge in [-0.25, -0.2) is 4.79 Å². The maximum absolute atomic E-state index is 12.5. The Bertz CT molecular complexity index is 641. The van der Waals surface area contributed by atoms with Crippen molar-refractivity contribution in [2.45, 2.75) is 19.9 Å². The number of nitrogens with zero attached hydrogens (tertiary/aromatic N) is 1. The summed E-state index contributed by atoms with van der Waals surface area (Å²) in [6.07, 6.45) is 0.837. The molecule has 0 saturated carbocycles. The summed E-state index contributed by atoms with van der Waals surface area (Å²) in [6, 6.07) is 14.0. The number of ether oxygens (including phenoxy) is 1. The van der Waals surface area contributed by atoms with E-state index in [-0.39, 0.29) is 11.8 Å². The van der Waals surface area contributed by atoms with E-state index in [0.29, 0.717) is 18.8 Å². The lowest BCUT2D eigenvalue weighted by Gasteiger charge is -2.23. The molecule has 0 aliphatic heterocycles. The third kappa shape index (κ3) is 4.64. The molecule has 2 amide bonds. The lowest BCUT2D eigenvalue weighted by Crippen LogP contribution is -2.35. The lowest BCUT2D eigenvalue weighted by atomic mass is 10.2. The van der Waals surface area contributed by atoms with Crippen molar-refractivity contribution in [1.82, 2.24) is 4.90 Å². The highest BCUT2D eigenvalue weighted by Gasteiger charge is 2.15. The smallest absolute Gasteiger partial charge is 0.322 e. The molecule has 2 N–H and O–H groups in total. The van der Waals surface area contributed by atoms with E-state index in [0.717, 1.165) is 17.7 Å². The number of carbonyl (C=O) groups excluding carboxylic acids is 1. The fourth-order valence-electron chi connectivity index (χ4n) is 2.25. The number of methoxy groups -OCH3 is 1. The Kier molecular flexibility index (Phi) is 5.86. The molecule has 5 nitrogen and oxygen atoms in total. The number of benzene rings is 2. The highest BCUT2D eigenvalue weighted by molar-refractivity contribution is 5.89. The molecule has 0 radical (unpaired) electrons. The summed E-state index contributed by atoms with van der Waals surface area (Å²) in [5.74, 6) is 0.938. The van der Waals surface area contributed by atoms with Crippen LogP contribution in [0.2, 0.25) is 0 Å². The van der Waals surface area contributed by atoms with Crippen molar-refractivity contribution in [3.63, 3.8) is 0 Å². The second kappa shape index (κ2) is 8.08. The Morgan fingerprint density at radius 2 is 1.87 bits per heavy atom. The number of phenols is 1. The Morgan fingerprint density at radius 3 is 2.48 bits per heavy atom. The van der Waals surface area contributed by atoms with Gasteiger partial charge < -0.3 is 20.1 Å². The standard InChI is InChI=1S/C18H22N2O3/c1-3-12-20(13-14-6-4-5-7-17(14)21)18(22)19-15-8-10-16(23-2)11-9-15/h4-11,21H,3,12-13H2,1-2H3,(H,19,22). The number of phenolic OH excluding ortho intramolecular Hbond substituents is 1. The van der Waals surface area contributed by atoms with Crippen molar-refractivity contribution >= 4 is 11.7 Å². The van der Waals surface area contributed by atoms with Gasteiger partial charge in [-0.05, 0) is 36.8 Å². The summed E-state index contributed by atoms with van der Waals surface area (Å²) in [6.45, 7) is 2.98. The molecule has 0 aromatic heterocycles. The minimum Gasteiger partial charge on any atom is -0.508 e. The molecule has 2 rings (SSSR count). The molecule has 2 aromatic carbocycles. The second-order valence-electron chi connectivity index (χ2n) is 5.21. The molecule has 0 spiro atoms. The van der Waals surface area contributed by atoms with Crippen LogP contribution in [0.15, 0.2) is 48.5 Å². The normalized spacial score (nSPS) is 10.2. The number of para-hydroxylation sites is 1. The van der Waals surface area contributed by atoms with Crippen molar-refractivity contribution in [1.29, 1.82) is 0 Å². The zero-order valence-corrected chi connectivity index (χ0v) is 13.5. The molecule has 0 atom stereocenters. The van der Waals surface area contributed by atoms with Crippen molar-refractivity contribution in [3.8, 4) is 11.5 Å². The third-order valence-corrected chi connectivity index (χ3v) is 3.47. The summed E-state index contributed by atoms with van der Waals surface area (Å²) in [5, 5.41) is 12.8. The zero-order valence-electron chi connectivity index (χ0n) is 13.5. The molecule has 23 heavy (non-hydrogen) atoms. The predicted octanol–water partition coefficient (Wildman–Crippen LogP) is 3.84. The van der Waals surface area contributed by atoms with Gasteiger partial charge in [0, 0.05) is 17.8 Å². The van der Waals surface area contributed by atoms with Gasteiger partial charge in [0.2, 0.25) is 0 Å². The van der Waals surface area contributed by atoms with Crippen LogP contribution in [0.3, 0.4) is 0 Å². The Balaban J connectivity index is 2.06. The van der Waals surface area contributed by atoms with Crippen molar-refractivity contribution in [3.05, 3.63) is 54.1 Å². The highest BCUT2D eigenvalue weighted by Crippen LogP contribution is 2.19. The summed E-state index contributed by atoms with van der Waals surface area (Å²) < 4.78 is 5.10. The summed E-state index contributed by atoms with van der Waals surface area (Å²) in [7, 11) is 1.60. The molecular weight excluding hydrogens is 292 g/mol. The molecule has 2 aromatic rings. The first kappa shape index (κ1) is 16.7. The molecular formula is C18H22N2O3. The first-order valence-corrected chi connectivity index (χ1v) is 7.61. The number of aromatic hydroxyl groups is 1. The van der Waals surface area contributed by atoms with E-state index in [2.05, 4.69) is 5.32 Å². The van der Waals surface area contributed by atoms with E-state index in [1.165, 1.54) is 0 Å². The number of amides is 2. The van der Waals surface area contributed by atoms with Crippen LogP contribution in [0.1, 0.15) is 18.9 Å². The van der Waals surface area contributed by atoms with Crippen LogP contribution in [0.4, 0.5) is 10.5 Å². The minimum atomic E-state index is -0.194. The molecule has 0 aliphatic carbocycles. The van der Waals surface area contributed by atoms with Crippen molar-refractivity contribution < 1.29 is 14.6 Å². The zero-order chi connectivity index (χ0) is 16.7. The Morgan fingerprint density at radius 1 is 1.17 bits per heavy atom. The highest BCUT2D eigenvalue weighted by atomic mass is 16.5. The van der Waals surface area contributed by atoms with Crippen LogP contribution in [0.5, 0.6) is 11.5 Å². The Hall–Kier alpha value is -2.69.